The number of nitrogens with one attached hydrogen (secondary N) is 1. The van der Waals surface area contributed by atoms with Crippen molar-refractivity contribution >= 4 is 15.9 Å². The average molecular weight is 379 g/mol. The number of hydrogen-bond donors (Lipinski definition) is 1. The zero-order valence-corrected chi connectivity index (χ0v) is 15.2. The van der Waals surface area contributed by atoms with Gasteiger partial charge in [0.2, 0.25) is 10.0 Å². The lowest BCUT2D eigenvalue weighted by Gasteiger charge is -2.17. The van der Waals surface area contributed by atoms with Crippen LogP contribution in [-0.2, 0) is 21.3 Å². The molecule has 1 aliphatic heterocycles. The summed E-state index contributed by atoms with van der Waals surface area (Å²) in [5.74, 6) is -0.174. The van der Waals surface area contributed by atoms with Crippen molar-refractivity contribution in [1.82, 2.24) is 14.8 Å². The Kier molecular flexibility index (Phi) is 5.70. The summed E-state index contributed by atoms with van der Waals surface area (Å²) in [5, 5.41) is 6.40. The number of amides is 1. The number of nitrogens with zero attached hydrogens (tertiary/aromatic N) is 2. The summed E-state index contributed by atoms with van der Waals surface area (Å²) in [5.41, 5.74) is 0.866. The summed E-state index contributed by atoms with van der Waals surface area (Å²) >= 11 is 0. The number of carbonyl (C=O) groups excluding carboxylic acids is 1. The maximum absolute atomic E-state index is 12.8. The summed E-state index contributed by atoms with van der Waals surface area (Å²) in [4.78, 5) is 12.4. The first kappa shape index (κ1) is 18.6. The third kappa shape index (κ3) is 4.12. The molecular weight excluding hydrogens is 358 g/mol. The molecule has 140 valence electrons. The van der Waals surface area contributed by atoms with Crippen LogP contribution >= 0.6 is 0 Å². The molecule has 0 aliphatic carbocycles. The van der Waals surface area contributed by atoms with Crippen molar-refractivity contribution in [3.8, 4) is 0 Å². The summed E-state index contributed by atoms with van der Waals surface area (Å²) in [7, 11) is -2.02. The third-order valence-corrected chi connectivity index (χ3v) is 6.17. The molecule has 1 amide bonds. The van der Waals surface area contributed by atoms with E-state index >= 15 is 0 Å². The zero-order chi connectivity index (χ0) is 18.6. The van der Waals surface area contributed by atoms with Gasteiger partial charge < -0.3 is 14.6 Å². The van der Waals surface area contributed by atoms with Crippen LogP contribution in [0.5, 0.6) is 0 Å². The lowest BCUT2D eigenvalue weighted by Crippen LogP contribution is -2.30. The normalized spacial score (nSPS) is 18.1. The molecule has 1 atom stereocenters. The van der Waals surface area contributed by atoms with Gasteiger partial charge in [-0.15, -0.1) is 0 Å². The van der Waals surface area contributed by atoms with Crippen LogP contribution in [0.1, 0.15) is 22.5 Å². The number of aromatic nitrogens is 1. The predicted octanol–water partition coefficient (Wildman–Crippen LogP) is 1.26. The Bertz CT molecular complexity index is 851. The highest BCUT2D eigenvalue weighted by Gasteiger charge is 2.32. The molecular formula is C17H21N3O5S. The minimum absolute atomic E-state index is 0.115. The topological polar surface area (TPSA) is 102 Å². The van der Waals surface area contributed by atoms with E-state index in [0.717, 1.165) is 6.42 Å². The SMILES string of the molecule is COCC1CCN(S(=O)(=O)c2cccc(C(=O)NCc3ccon3)c2)C1. The number of methoxy groups -OCH3 is 1. The van der Waals surface area contributed by atoms with E-state index in [1.165, 1.54) is 22.7 Å². The first-order chi connectivity index (χ1) is 12.5. The number of carbonyl (C=O) groups is 1. The molecule has 1 N–H and O–H groups in total. The second kappa shape index (κ2) is 7.98. The van der Waals surface area contributed by atoms with Crippen LogP contribution in [0, 0.1) is 5.92 Å². The second-order valence-electron chi connectivity index (χ2n) is 6.17. The Morgan fingerprint density at radius 2 is 2.27 bits per heavy atom. The Morgan fingerprint density at radius 3 is 3.00 bits per heavy atom. The fourth-order valence-corrected chi connectivity index (χ4v) is 4.51. The van der Waals surface area contributed by atoms with Crippen molar-refractivity contribution in [2.75, 3.05) is 26.8 Å². The molecule has 8 nitrogen and oxygen atoms in total. The van der Waals surface area contributed by atoms with E-state index in [9.17, 15) is 13.2 Å². The van der Waals surface area contributed by atoms with Crippen LogP contribution in [0.3, 0.4) is 0 Å². The molecule has 1 aromatic heterocycles. The number of sulfonamides is 1. The Balaban J connectivity index is 1.71. The van der Waals surface area contributed by atoms with Gasteiger partial charge in [0, 0.05) is 31.8 Å². The van der Waals surface area contributed by atoms with Crippen LogP contribution in [0.15, 0.2) is 46.0 Å². The molecule has 1 fully saturated rings. The highest BCUT2D eigenvalue weighted by Crippen LogP contribution is 2.25. The molecule has 1 aliphatic rings. The van der Waals surface area contributed by atoms with Crippen molar-refractivity contribution in [3.63, 3.8) is 0 Å². The third-order valence-electron chi connectivity index (χ3n) is 4.31. The molecule has 2 aromatic rings. The Morgan fingerprint density at radius 1 is 1.42 bits per heavy atom. The maximum atomic E-state index is 12.8. The highest BCUT2D eigenvalue weighted by atomic mass is 32.2. The van der Waals surface area contributed by atoms with Gasteiger partial charge in [0.15, 0.2) is 0 Å². The molecule has 0 saturated carbocycles. The van der Waals surface area contributed by atoms with Crippen molar-refractivity contribution in [2.24, 2.45) is 5.92 Å². The van der Waals surface area contributed by atoms with E-state index in [0.29, 0.717) is 25.4 Å². The zero-order valence-electron chi connectivity index (χ0n) is 14.4. The number of rotatable bonds is 7. The summed E-state index contributed by atoms with van der Waals surface area (Å²) in [6, 6.07) is 7.70. The number of benzene rings is 1. The van der Waals surface area contributed by atoms with Gasteiger partial charge in [-0.05, 0) is 30.5 Å². The maximum Gasteiger partial charge on any atom is 0.251 e. The lowest BCUT2D eigenvalue weighted by atomic mass is 10.1. The first-order valence-electron chi connectivity index (χ1n) is 8.27. The lowest BCUT2D eigenvalue weighted by molar-refractivity contribution is 0.0950. The van der Waals surface area contributed by atoms with E-state index < -0.39 is 10.0 Å². The average Bonchev–Trinajstić information content (AvgIpc) is 3.32. The van der Waals surface area contributed by atoms with Crippen molar-refractivity contribution < 1.29 is 22.5 Å². The second-order valence-corrected chi connectivity index (χ2v) is 8.11. The fraction of sp³-hybridized carbons (Fsp3) is 0.412. The van der Waals surface area contributed by atoms with Gasteiger partial charge in [0.25, 0.3) is 5.91 Å². The number of hydrogen-bond acceptors (Lipinski definition) is 6. The molecule has 9 heteroatoms. The largest absolute Gasteiger partial charge is 0.384 e. The van der Waals surface area contributed by atoms with E-state index in [-0.39, 0.29) is 28.8 Å². The van der Waals surface area contributed by atoms with Gasteiger partial charge in [-0.3, -0.25) is 4.79 Å². The van der Waals surface area contributed by atoms with E-state index in [4.69, 9.17) is 9.26 Å². The van der Waals surface area contributed by atoms with Crippen LogP contribution in [-0.4, -0.2) is 50.6 Å². The minimum atomic E-state index is -3.63. The van der Waals surface area contributed by atoms with E-state index in [2.05, 4.69) is 10.5 Å². The molecule has 3 rings (SSSR count). The molecule has 1 aromatic carbocycles. The van der Waals surface area contributed by atoms with Crippen LogP contribution in [0.25, 0.3) is 0 Å². The molecule has 0 spiro atoms. The van der Waals surface area contributed by atoms with E-state index in [1.54, 1.807) is 25.3 Å². The number of ether oxygens (including phenoxy) is 1. The smallest absolute Gasteiger partial charge is 0.251 e. The standard InChI is InChI=1S/C17H21N3O5S/c1-24-12-13-5-7-20(11-13)26(22,23)16-4-2-3-14(9-16)17(21)18-10-15-6-8-25-19-15/h2-4,6,8-9,13H,5,7,10-12H2,1H3,(H,18,21). The monoisotopic (exact) mass is 379 g/mol. The van der Waals surface area contributed by atoms with Gasteiger partial charge in [0.05, 0.1) is 18.0 Å². The molecule has 0 radical (unpaired) electrons. The van der Waals surface area contributed by atoms with Crippen LogP contribution < -0.4 is 5.32 Å². The molecule has 1 saturated heterocycles. The summed E-state index contributed by atoms with van der Waals surface area (Å²) in [6.07, 6.45) is 2.19. The van der Waals surface area contributed by atoms with Crippen LogP contribution in [0.2, 0.25) is 0 Å². The molecule has 1 unspecified atom stereocenters. The van der Waals surface area contributed by atoms with E-state index in [1.807, 2.05) is 0 Å². The minimum Gasteiger partial charge on any atom is -0.384 e. The van der Waals surface area contributed by atoms with Crippen molar-refractivity contribution in [2.45, 2.75) is 17.9 Å². The van der Waals surface area contributed by atoms with Crippen molar-refractivity contribution in [3.05, 3.63) is 47.9 Å². The first-order valence-corrected chi connectivity index (χ1v) is 9.71. The van der Waals surface area contributed by atoms with Gasteiger partial charge in [-0.1, -0.05) is 11.2 Å². The molecule has 0 bridgehead atoms. The van der Waals surface area contributed by atoms with Gasteiger partial charge in [0.1, 0.15) is 12.0 Å². The molecule has 26 heavy (non-hydrogen) atoms. The van der Waals surface area contributed by atoms with Gasteiger partial charge >= 0.3 is 0 Å². The van der Waals surface area contributed by atoms with Gasteiger partial charge in [-0.25, -0.2) is 8.42 Å². The Hall–Kier alpha value is -2.23. The summed E-state index contributed by atoms with van der Waals surface area (Å²) in [6.45, 7) is 1.63. The predicted molar refractivity (Wildman–Crippen MR) is 92.9 cm³/mol. The fourth-order valence-electron chi connectivity index (χ4n) is 2.94. The summed E-state index contributed by atoms with van der Waals surface area (Å²) < 4.78 is 36.9. The Labute approximate surface area is 152 Å². The van der Waals surface area contributed by atoms with Crippen molar-refractivity contribution in [1.29, 1.82) is 0 Å². The van der Waals surface area contributed by atoms with Crippen LogP contribution in [0.4, 0.5) is 0 Å². The van der Waals surface area contributed by atoms with Gasteiger partial charge in [-0.2, -0.15) is 4.31 Å². The molecule has 2 heterocycles. The highest BCUT2D eigenvalue weighted by molar-refractivity contribution is 7.89. The quantitative estimate of drug-likeness (QED) is 0.777.